The van der Waals surface area contributed by atoms with Crippen molar-refractivity contribution >= 4 is 0 Å². The minimum absolute atomic E-state index is 0.163. The van der Waals surface area contributed by atoms with Gasteiger partial charge in [-0.15, -0.1) is 0 Å². The van der Waals surface area contributed by atoms with E-state index in [2.05, 4.69) is 0 Å². The van der Waals surface area contributed by atoms with Crippen LogP contribution in [0.15, 0.2) is 0 Å². The molecule has 2 atom stereocenters. The molecule has 6 heteroatoms. The quantitative estimate of drug-likeness (QED) is 0.541. The average Bonchev–Trinajstić information content (AvgIpc) is 2.49. The van der Waals surface area contributed by atoms with Crippen LogP contribution in [-0.4, -0.2) is 78.3 Å². The van der Waals surface area contributed by atoms with Crippen molar-refractivity contribution in [3.05, 3.63) is 0 Å². The molecule has 104 valence electrons. The Bertz CT molecular complexity index is 228. The van der Waals surface area contributed by atoms with Gasteiger partial charge in [0.05, 0.1) is 39.6 Å². The topological polar surface area (TPSA) is 45.8 Å². The summed E-state index contributed by atoms with van der Waals surface area (Å²) in [5.41, 5.74) is 0. The van der Waals surface area contributed by atoms with Crippen molar-refractivity contribution in [1.29, 1.82) is 0 Å². The highest BCUT2D eigenvalue weighted by Crippen LogP contribution is 2.01. The second kappa shape index (κ2) is 6.27. The first kappa shape index (κ1) is 12.8. The van der Waals surface area contributed by atoms with Crippen molar-refractivity contribution in [2.75, 3.05) is 65.8 Å². The Balaban J connectivity index is 1.64. The molecule has 0 aromatic heterocycles. The molecule has 3 fully saturated rings. The van der Waals surface area contributed by atoms with E-state index in [1.165, 1.54) is 9.80 Å². The molecule has 0 aliphatic carbocycles. The Labute approximate surface area is 108 Å². The molecule has 0 unspecified atom stereocenters. The Morgan fingerprint density at radius 1 is 0.556 bits per heavy atom. The second-order valence-corrected chi connectivity index (χ2v) is 5.12. The van der Waals surface area contributed by atoms with Gasteiger partial charge in [-0.1, -0.05) is 0 Å². The maximum absolute atomic E-state index is 6.00. The number of quaternary nitrogens is 2. The highest BCUT2D eigenvalue weighted by atomic mass is 16.6. The summed E-state index contributed by atoms with van der Waals surface area (Å²) in [7, 11) is 0. The zero-order valence-corrected chi connectivity index (χ0v) is 10.9. The van der Waals surface area contributed by atoms with Crippen LogP contribution in [0.4, 0.5) is 0 Å². The molecule has 0 bridgehead atoms. The number of hydrogen-bond donors (Lipinski definition) is 2. The first-order valence-electron chi connectivity index (χ1n) is 7.03. The van der Waals surface area contributed by atoms with E-state index in [9.17, 15) is 0 Å². The Kier molecular flexibility index (Phi) is 4.45. The zero-order valence-electron chi connectivity index (χ0n) is 10.9. The van der Waals surface area contributed by atoms with Crippen LogP contribution in [0.2, 0.25) is 0 Å². The molecule has 6 nitrogen and oxygen atoms in total. The number of hydrogen-bond acceptors (Lipinski definition) is 4. The third-order valence-corrected chi connectivity index (χ3v) is 4.03. The van der Waals surface area contributed by atoms with Gasteiger partial charge in [0.2, 0.25) is 0 Å². The molecule has 0 spiro atoms. The first-order chi connectivity index (χ1) is 8.95. The van der Waals surface area contributed by atoms with Crippen LogP contribution in [0.3, 0.4) is 0 Å². The SMILES string of the molecule is C1C[NH+]([C@@H]2OCCO[C@@H]2[NH+]2CCOCC2)CCO1. The van der Waals surface area contributed by atoms with E-state index in [-0.39, 0.29) is 12.5 Å². The number of nitrogens with one attached hydrogen (secondary N) is 2. The van der Waals surface area contributed by atoms with E-state index >= 15 is 0 Å². The van der Waals surface area contributed by atoms with Gasteiger partial charge in [0, 0.05) is 0 Å². The Hall–Kier alpha value is -0.240. The van der Waals surface area contributed by atoms with Crippen LogP contribution in [0, 0.1) is 0 Å². The lowest BCUT2D eigenvalue weighted by Crippen LogP contribution is -3.28. The van der Waals surface area contributed by atoms with E-state index < -0.39 is 0 Å². The van der Waals surface area contributed by atoms with Crippen LogP contribution in [0.1, 0.15) is 0 Å². The fraction of sp³-hybridized carbons (Fsp3) is 1.00. The summed E-state index contributed by atoms with van der Waals surface area (Å²) in [6, 6.07) is 0. The summed E-state index contributed by atoms with van der Waals surface area (Å²) >= 11 is 0. The molecular weight excluding hydrogens is 236 g/mol. The molecule has 3 saturated heterocycles. The Morgan fingerprint density at radius 3 is 1.33 bits per heavy atom. The second-order valence-electron chi connectivity index (χ2n) is 5.12. The summed E-state index contributed by atoms with van der Waals surface area (Å²) < 4.78 is 22.9. The normalized spacial score (nSPS) is 36.7. The third kappa shape index (κ3) is 2.84. The molecule has 0 saturated carbocycles. The molecule has 3 aliphatic rings. The molecule has 2 N–H and O–H groups in total. The molecular formula is C12H24N2O4+2. The number of morpholine rings is 2. The summed E-state index contributed by atoms with van der Waals surface area (Å²) in [6.45, 7) is 8.86. The van der Waals surface area contributed by atoms with Crippen LogP contribution < -0.4 is 9.80 Å². The van der Waals surface area contributed by atoms with Crippen LogP contribution in [0.25, 0.3) is 0 Å². The number of ether oxygens (including phenoxy) is 4. The molecule has 0 radical (unpaired) electrons. The molecule has 3 heterocycles. The summed E-state index contributed by atoms with van der Waals surface area (Å²) in [5, 5.41) is 0. The summed E-state index contributed by atoms with van der Waals surface area (Å²) in [6.07, 6.45) is 0.325. The van der Waals surface area contributed by atoms with Gasteiger partial charge in [-0.2, -0.15) is 0 Å². The lowest BCUT2D eigenvalue weighted by molar-refractivity contribution is -1.04. The minimum Gasteiger partial charge on any atom is -0.370 e. The Morgan fingerprint density at radius 2 is 0.944 bits per heavy atom. The largest absolute Gasteiger partial charge is 0.370 e. The first-order valence-corrected chi connectivity index (χ1v) is 7.03. The van der Waals surface area contributed by atoms with E-state index in [0.29, 0.717) is 0 Å². The monoisotopic (exact) mass is 260 g/mol. The lowest BCUT2D eigenvalue weighted by atomic mass is 10.2. The van der Waals surface area contributed by atoms with Crippen LogP contribution in [-0.2, 0) is 18.9 Å². The van der Waals surface area contributed by atoms with Gasteiger partial charge in [0.25, 0.3) is 12.5 Å². The van der Waals surface area contributed by atoms with Crippen molar-refractivity contribution in [3.8, 4) is 0 Å². The van der Waals surface area contributed by atoms with Gasteiger partial charge in [-0.3, -0.25) is 9.80 Å². The average molecular weight is 260 g/mol. The van der Waals surface area contributed by atoms with E-state index in [1.807, 2.05) is 0 Å². The highest BCUT2D eigenvalue weighted by Gasteiger charge is 2.43. The minimum atomic E-state index is 0.163. The molecule has 3 aliphatic heterocycles. The maximum Gasteiger partial charge on any atom is 0.272 e. The highest BCUT2D eigenvalue weighted by molar-refractivity contribution is 4.58. The van der Waals surface area contributed by atoms with Crippen molar-refractivity contribution < 1.29 is 28.7 Å². The predicted octanol–water partition coefficient (Wildman–Crippen LogP) is -3.48. The van der Waals surface area contributed by atoms with E-state index in [1.54, 1.807) is 0 Å². The summed E-state index contributed by atoms with van der Waals surface area (Å²) in [5.74, 6) is 0. The van der Waals surface area contributed by atoms with Crippen LogP contribution >= 0.6 is 0 Å². The lowest BCUT2D eigenvalue weighted by Gasteiger charge is -2.41. The van der Waals surface area contributed by atoms with Gasteiger partial charge < -0.3 is 18.9 Å². The smallest absolute Gasteiger partial charge is 0.272 e. The van der Waals surface area contributed by atoms with Gasteiger partial charge in [0.1, 0.15) is 26.2 Å². The van der Waals surface area contributed by atoms with Gasteiger partial charge in [-0.05, 0) is 0 Å². The van der Waals surface area contributed by atoms with Crippen LogP contribution in [0.5, 0.6) is 0 Å². The van der Waals surface area contributed by atoms with Crippen molar-refractivity contribution in [1.82, 2.24) is 0 Å². The fourth-order valence-electron chi connectivity index (χ4n) is 3.03. The molecule has 0 aromatic carbocycles. The third-order valence-electron chi connectivity index (χ3n) is 4.03. The van der Waals surface area contributed by atoms with Gasteiger partial charge in [-0.25, -0.2) is 0 Å². The molecule has 0 aromatic rings. The van der Waals surface area contributed by atoms with Crippen molar-refractivity contribution in [2.24, 2.45) is 0 Å². The number of rotatable bonds is 2. The maximum atomic E-state index is 6.00. The fourth-order valence-corrected chi connectivity index (χ4v) is 3.03. The predicted molar refractivity (Wildman–Crippen MR) is 62.5 cm³/mol. The van der Waals surface area contributed by atoms with Crippen molar-refractivity contribution in [2.45, 2.75) is 12.5 Å². The van der Waals surface area contributed by atoms with E-state index in [0.717, 1.165) is 65.8 Å². The van der Waals surface area contributed by atoms with Gasteiger partial charge >= 0.3 is 0 Å². The molecule has 3 rings (SSSR count). The van der Waals surface area contributed by atoms with E-state index in [4.69, 9.17) is 18.9 Å². The summed E-state index contributed by atoms with van der Waals surface area (Å²) in [4.78, 5) is 2.95. The van der Waals surface area contributed by atoms with Gasteiger partial charge in [0.15, 0.2) is 0 Å². The zero-order chi connectivity index (χ0) is 12.2. The molecule has 18 heavy (non-hydrogen) atoms. The molecule has 0 amide bonds. The standard InChI is InChI=1S/C12H22N2O4/c1-5-15-6-2-13(1)11-12(18-10-9-17-11)14-3-7-16-8-4-14/h11-12H,1-10H2/p+2/t11-,12+. The van der Waals surface area contributed by atoms with Crippen molar-refractivity contribution in [3.63, 3.8) is 0 Å².